The maximum atomic E-state index is 13.3. The Morgan fingerprint density at radius 3 is 2.69 bits per heavy atom. The predicted molar refractivity (Wildman–Crippen MR) is 135 cm³/mol. The van der Waals surface area contributed by atoms with Crippen LogP contribution in [0.3, 0.4) is 0 Å². The normalized spacial score (nSPS) is 15.6. The first-order chi connectivity index (χ1) is 16.8. The number of amides is 2. The minimum absolute atomic E-state index is 0.0938. The Balaban J connectivity index is 1.45. The van der Waals surface area contributed by atoms with Crippen molar-refractivity contribution in [3.8, 4) is 16.5 Å². The van der Waals surface area contributed by atoms with Gasteiger partial charge in [-0.05, 0) is 49.9 Å². The lowest BCUT2D eigenvalue weighted by atomic mass is 10.1. The number of hydrogen-bond acceptors (Lipinski definition) is 6. The van der Waals surface area contributed by atoms with Gasteiger partial charge in [0.15, 0.2) is 0 Å². The molecule has 178 valence electrons. The zero-order valence-electron chi connectivity index (χ0n) is 19.5. The predicted octanol–water partition coefficient (Wildman–Crippen LogP) is 3.60. The van der Waals surface area contributed by atoms with Crippen LogP contribution in [0.5, 0.6) is 0 Å². The highest BCUT2D eigenvalue weighted by Gasteiger charge is 2.35. The maximum Gasteiger partial charge on any atom is 0.255 e. The van der Waals surface area contributed by atoms with E-state index in [2.05, 4.69) is 20.4 Å². The molecule has 1 atom stereocenters. The van der Waals surface area contributed by atoms with Gasteiger partial charge in [0.25, 0.3) is 5.56 Å². The van der Waals surface area contributed by atoms with E-state index in [9.17, 15) is 14.4 Å². The van der Waals surface area contributed by atoms with Crippen molar-refractivity contribution in [2.45, 2.75) is 27.2 Å². The van der Waals surface area contributed by atoms with Crippen LogP contribution in [0.2, 0.25) is 0 Å². The summed E-state index contributed by atoms with van der Waals surface area (Å²) in [6, 6.07) is 13.2. The molecule has 0 radical (unpaired) electrons. The molecule has 0 bridgehead atoms. The lowest BCUT2D eigenvalue weighted by Gasteiger charge is -2.17. The topological polar surface area (TPSA) is 113 Å². The molecule has 1 fully saturated rings. The van der Waals surface area contributed by atoms with E-state index in [1.807, 2.05) is 48.7 Å². The molecule has 1 aromatic carbocycles. The van der Waals surface area contributed by atoms with E-state index in [1.54, 1.807) is 24.8 Å². The molecule has 1 aliphatic rings. The van der Waals surface area contributed by atoms with Crippen LogP contribution in [0.25, 0.3) is 16.5 Å². The van der Waals surface area contributed by atoms with Gasteiger partial charge in [-0.15, -0.1) is 11.3 Å². The summed E-state index contributed by atoms with van der Waals surface area (Å²) >= 11 is 1.51. The molecule has 2 N–H and O–H groups in total. The number of aromatic amines is 1. The van der Waals surface area contributed by atoms with Crippen molar-refractivity contribution in [1.82, 2.24) is 19.7 Å². The number of nitrogens with one attached hydrogen (secondary N) is 2. The molecule has 4 heterocycles. The standard InChI is InChI=1S/C25H24N6O3S/c1-14-6-4-7-18(10-14)30-13-17(11-22(30)32)24(34)27-21-12-19(20-8-5-9-35-20)29-31(21)25-26-16(3)15(2)23(33)28-25/h4-10,12,17H,11,13H2,1-3H3,(H,27,34)(H,26,28,33). The smallest absolute Gasteiger partial charge is 0.255 e. The minimum Gasteiger partial charge on any atom is -0.312 e. The molecule has 35 heavy (non-hydrogen) atoms. The molecule has 4 aromatic rings. The number of aromatic nitrogens is 4. The van der Waals surface area contributed by atoms with Crippen molar-refractivity contribution in [3.05, 3.63) is 75.0 Å². The van der Waals surface area contributed by atoms with Crippen LogP contribution in [-0.2, 0) is 9.59 Å². The first-order valence-corrected chi connectivity index (χ1v) is 12.1. The van der Waals surface area contributed by atoms with Gasteiger partial charge >= 0.3 is 0 Å². The zero-order chi connectivity index (χ0) is 24.7. The minimum atomic E-state index is -0.525. The number of benzene rings is 1. The van der Waals surface area contributed by atoms with Crippen LogP contribution in [0.15, 0.2) is 52.6 Å². The summed E-state index contributed by atoms with van der Waals surface area (Å²) in [6.07, 6.45) is 0.115. The van der Waals surface area contributed by atoms with Crippen molar-refractivity contribution >= 4 is 34.7 Å². The Labute approximate surface area is 205 Å². The zero-order valence-corrected chi connectivity index (χ0v) is 20.3. The van der Waals surface area contributed by atoms with E-state index in [4.69, 9.17) is 0 Å². The number of aryl methyl sites for hydroxylation is 2. The summed E-state index contributed by atoms with van der Waals surface area (Å²) in [6.45, 7) is 5.70. The van der Waals surface area contributed by atoms with Crippen LogP contribution < -0.4 is 15.8 Å². The maximum absolute atomic E-state index is 13.3. The van der Waals surface area contributed by atoms with Gasteiger partial charge < -0.3 is 10.2 Å². The molecule has 0 spiro atoms. The summed E-state index contributed by atoms with van der Waals surface area (Å²) in [5.74, 6) is -0.336. The Bertz CT molecular complexity index is 1490. The van der Waals surface area contributed by atoms with E-state index < -0.39 is 5.92 Å². The van der Waals surface area contributed by atoms with Gasteiger partial charge in [0.1, 0.15) is 11.5 Å². The fraction of sp³-hybridized carbons (Fsp3) is 0.240. The second-order valence-corrected chi connectivity index (χ2v) is 9.59. The highest BCUT2D eigenvalue weighted by Crippen LogP contribution is 2.30. The molecule has 1 saturated heterocycles. The van der Waals surface area contributed by atoms with Crippen molar-refractivity contribution < 1.29 is 9.59 Å². The number of carbonyl (C=O) groups excluding carboxylic acids is 2. The number of hydrogen-bond donors (Lipinski definition) is 2. The van der Waals surface area contributed by atoms with Gasteiger partial charge in [0, 0.05) is 36.0 Å². The lowest BCUT2D eigenvalue weighted by molar-refractivity contribution is -0.122. The molecule has 5 rings (SSSR count). The van der Waals surface area contributed by atoms with Gasteiger partial charge in [-0.25, -0.2) is 4.98 Å². The molecular weight excluding hydrogens is 464 g/mol. The van der Waals surface area contributed by atoms with Crippen LogP contribution in [-0.4, -0.2) is 38.1 Å². The number of rotatable bonds is 5. The summed E-state index contributed by atoms with van der Waals surface area (Å²) in [5.41, 5.74) is 3.29. The molecule has 3 aromatic heterocycles. The molecule has 1 unspecified atom stereocenters. The highest BCUT2D eigenvalue weighted by atomic mass is 32.1. The van der Waals surface area contributed by atoms with Crippen molar-refractivity contribution in [2.24, 2.45) is 5.92 Å². The summed E-state index contributed by atoms with van der Waals surface area (Å²) in [5, 5.41) is 9.46. The van der Waals surface area contributed by atoms with E-state index in [-0.39, 0.29) is 29.7 Å². The summed E-state index contributed by atoms with van der Waals surface area (Å²) in [4.78, 5) is 48.1. The van der Waals surface area contributed by atoms with E-state index >= 15 is 0 Å². The van der Waals surface area contributed by atoms with Gasteiger partial charge in [-0.1, -0.05) is 18.2 Å². The van der Waals surface area contributed by atoms with E-state index in [0.29, 0.717) is 29.3 Å². The highest BCUT2D eigenvalue weighted by molar-refractivity contribution is 7.13. The SMILES string of the molecule is Cc1cccc(N2CC(C(=O)Nc3cc(-c4cccs4)nn3-c3nc(C)c(C)c(=O)[nH]3)CC2=O)c1. The number of thiophene rings is 1. The van der Waals surface area contributed by atoms with Gasteiger partial charge in [0.05, 0.1) is 10.8 Å². The fourth-order valence-corrected chi connectivity index (χ4v) is 4.75. The molecular formula is C25H24N6O3S. The average molecular weight is 489 g/mol. The van der Waals surface area contributed by atoms with Gasteiger partial charge in [-0.3, -0.25) is 19.4 Å². The van der Waals surface area contributed by atoms with E-state index in [1.165, 1.54) is 16.0 Å². The first-order valence-electron chi connectivity index (χ1n) is 11.2. The Morgan fingerprint density at radius 1 is 1.14 bits per heavy atom. The van der Waals surface area contributed by atoms with Crippen LogP contribution in [0.1, 0.15) is 23.2 Å². The third kappa shape index (κ3) is 4.40. The van der Waals surface area contributed by atoms with Crippen molar-refractivity contribution in [1.29, 1.82) is 0 Å². The molecule has 0 saturated carbocycles. The Hall–Kier alpha value is -4.05. The average Bonchev–Trinajstić information content (AvgIpc) is 3.57. The quantitative estimate of drug-likeness (QED) is 0.446. The van der Waals surface area contributed by atoms with Crippen molar-refractivity contribution in [2.75, 3.05) is 16.8 Å². The van der Waals surface area contributed by atoms with Crippen molar-refractivity contribution in [3.63, 3.8) is 0 Å². The lowest BCUT2D eigenvalue weighted by Crippen LogP contribution is -2.29. The van der Waals surface area contributed by atoms with Crippen LogP contribution >= 0.6 is 11.3 Å². The number of anilines is 2. The molecule has 9 nitrogen and oxygen atoms in total. The molecule has 0 aliphatic carbocycles. The van der Waals surface area contributed by atoms with Gasteiger partial charge in [-0.2, -0.15) is 9.78 Å². The van der Waals surface area contributed by atoms with E-state index in [0.717, 1.165) is 16.1 Å². The Kier molecular flexibility index (Phi) is 5.81. The molecule has 2 amide bonds. The molecule has 10 heteroatoms. The number of carbonyl (C=O) groups is 2. The number of H-pyrrole nitrogens is 1. The summed E-state index contributed by atoms with van der Waals surface area (Å²) < 4.78 is 1.43. The second-order valence-electron chi connectivity index (χ2n) is 8.64. The Morgan fingerprint density at radius 2 is 1.97 bits per heavy atom. The first kappa shape index (κ1) is 22.7. The second kappa shape index (κ2) is 8.95. The summed E-state index contributed by atoms with van der Waals surface area (Å²) in [7, 11) is 0. The number of nitrogens with zero attached hydrogens (tertiary/aromatic N) is 4. The third-order valence-corrected chi connectivity index (χ3v) is 7.02. The largest absolute Gasteiger partial charge is 0.312 e. The van der Waals surface area contributed by atoms with Crippen LogP contribution in [0.4, 0.5) is 11.5 Å². The molecule has 1 aliphatic heterocycles. The third-order valence-electron chi connectivity index (χ3n) is 6.13. The van der Waals surface area contributed by atoms with Gasteiger partial charge in [0.2, 0.25) is 17.8 Å². The van der Waals surface area contributed by atoms with Crippen LogP contribution in [0, 0.1) is 26.7 Å². The fourth-order valence-electron chi connectivity index (χ4n) is 4.06. The monoisotopic (exact) mass is 488 g/mol.